The first-order valence-electron chi connectivity index (χ1n) is 8.13. The maximum absolute atomic E-state index is 13.0. The van der Waals surface area contributed by atoms with Gasteiger partial charge in [-0.15, -0.1) is 0 Å². The van der Waals surface area contributed by atoms with Crippen molar-refractivity contribution in [3.05, 3.63) is 95.6 Å². The summed E-state index contributed by atoms with van der Waals surface area (Å²) in [5.74, 6) is 0. The molecule has 0 saturated heterocycles. The van der Waals surface area contributed by atoms with E-state index in [1.807, 2.05) is 78.9 Å². The molecule has 0 fully saturated rings. The van der Waals surface area contributed by atoms with Crippen LogP contribution in [0.5, 0.6) is 0 Å². The van der Waals surface area contributed by atoms with E-state index in [1.54, 1.807) is 18.4 Å². The Balaban J connectivity index is 1.96. The van der Waals surface area contributed by atoms with E-state index >= 15 is 0 Å². The van der Waals surface area contributed by atoms with Crippen LogP contribution in [-0.4, -0.2) is 10.5 Å². The van der Waals surface area contributed by atoms with Gasteiger partial charge in [-0.2, -0.15) is 9.62 Å². The number of nitrogens with zero attached hydrogens (tertiary/aromatic N) is 2. The summed E-state index contributed by atoms with van der Waals surface area (Å²) in [5.41, 5.74) is 3.20. The van der Waals surface area contributed by atoms with Gasteiger partial charge in [0.2, 0.25) is 0 Å². The van der Waals surface area contributed by atoms with Gasteiger partial charge in [0, 0.05) is 16.7 Å². The predicted molar refractivity (Wildman–Crippen MR) is 107 cm³/mol. The first-order chi connectivity index (χ1) is 12.6. The Morgan fingerprint density at radius 3 is 2.23 bits per heavy atom. The van der Waals surface area contributed by atoms with Gasteiger partial charge in [-0.1, -0.05) is 60.7 Å². The second-order valence-corrected chi connectivity index (χ2v) is 8.09. The van der Waals surface area contributed by atoms with Crippen LogP contribution in [0.25, 0.3) is 12.2 Å². The van der Waals surface area contributed by atoms with Gasteiger partial charge in [0.25, 0.3) is 0 Å². The monoisotopic (exact) mass is 358 g/mol. The van der Waals surface area contributed by atoms with E-state index in [-0.39, 0.29) is 0 Å². The van der Waals surface area contributed by atoms with E-state index in [4.69, 9.17) is 5.26 Å². The van der Waals surface area contributed by atoms with Crippen molar-refractivity contribution in [3.8, 4) is 6.07 Å². The molecule has 3 rings (SSSR count). The molecule has 0 aromatic heterocycles. The summed E-state index contributed by atoms with van der Waals surface area (Å²) in [7, 11) is -2.52. The van der Waals surface area contributed by atoms with E-state index in [9.17, 15) is 4.21 Å². The second kappa shape index (κ2) is 7.81. The zero-order chi connectivity index (χ0) is 18.4. The highest BCUT2D eigenvalue weighted by Crippen LogP contribution is 2.25. The van der Waals surface area contributed by atoms with Crippen LogP contribution in [0.2, 0.25) is 0 Å². The Bertz CT molecular complexity index is 1080. The lowest BCUT2D eigenvalue weighted by atomic mass is 10.1. The number of hydrogen-bond donors (Lipinski definition) is 0. The molecule has 0 aliphatic rings. The molecule has 4 heteroatoms. The summed E-state index contributed by atoms with van der Waals surface area (Å²) < 4.78 is 17.6. The fourth-order valence-electron chi connectivity index (χ4n) is 2.48. The van der Waals surface area contributed by atoms with Crippen LogP contribution in [-0.2, 0) is 9.73 Å². The summed E-state index contributed by atoms with van der Waals surface area (Å²) in [6, 6.07) is 26.4. The fraction of sp³-hybridized carbons (Fsp3) is 0.0455. The van der Waals surface area contributed by atoms with Crippen molar-refractivity contribution < 1.29 is 4.21 Å². The predicted octanol–water partition coefficient (Wildman–Crippen LogP) is 5.52. The molecule has 0 aliphatic heterocycles. The molecule has 0 amide bonds. The van der Waals surface area contributed by atoms with Crippen LogP contribution >= 0.6 is 0 Å². The third-order valence-electron chi connectivity index (χ3n) is 3.88. The largest absolute Gasteiger partial charge is 0.245 e. The highest BCUT2D eigenvalue weighted by atomic mass is 32.2. The molecular weight excluding hydrogens is 340 g/mol. The summed E-state index contributed by atoms with van der Waals surface area (Å²) in [6.07, 6.45) is 5.56. The summed E-state index contributed by atoms with van der Waals surface area (Å²) >= 11 is 0. The molecule has 1 atom stereocenters. The molecule has 3 nitrogen and oxygen atoms in total. The lowest BCUT2D eigenvalue weighted by molar-refractivity contribution is 0.681. The molecule has 0 radical (unpaired) electrons. The molecular formula is C22H18N2OS. The van der Waals surface area contributed by atoms with Gasteiger partial charge in [0.05, 0.1) is 27.0 Å². The average Bonchev–Trinajstić information content (AvgIpc) is 2.68. The molecule has 0 unspecified atom stereocenters. The van der Waals surface area contributed by atoms with E-state index in [0.29, 0.717) is 16.1 Å². The van der Waals surface area contributed by atoms with Gasteiger partial charge in [0.15, 0.2) is 0 Å². The van der Waals surface area contributed by atoms with Gasteiger partial charge >= 0.3 is 0 Å². The minimum absolute atomic E-state index is 0.631. The number of benzene rings is 3. The van der Waals surface area contributed by atoms with Crippen molar-refractivity contribution in [1.29, 1.82) is 5.26 Å². The topological polar surface area (TPSA) is 53.2 Å². The Morgan fingerprint density at radius 2 is 1.54 bits per heavy atom. The Labute approximate surface area is 154 Å². The third kappa shape index (κ3) is 4.27. The van der Waals surface area contributed by atoms with Crippen LogP contribution in [0, 0.1) is 11.3 Å². The fourth-order valence-corrected chi connectivity index (χ4v) is 3.79. The van der Waals surface area contributed by atoms with Crippen LogP contribution in [0.15, 0.2) is 88.1 Å². The molecule has 26 heavy (non-hydrogen) atoms. The zero-order valence-electron chi connectivity index (χ0n) is 14.4. The van der Waals surface area contributed by atoms with E-state index in [1.165, 1.54) is 0 Å². The third-order valence-corrected chi connectivity index (χ3v) is 5.58. The molecule has 0 heterocycles. The van der Waals surface area contributed by atoms with Crippen LogP contribution < -0.4 is 0 Å². The Hall–Kier alpha value is -3.16. The highest BCUT2D eigenvalue weighted by Gasteiger charge is 2.07. The number of rotatable bonds is 4. The first kappa shape index (κ1) is 17.7. The van der Waals surface area contributed by atoms with Crippen LogP contribution in [0.1, 0.15) is 16.7 Å². The lowest BCUT2D eigenvalue weighted by Crippen LogP contribution is -1.96. The standard InChI is InChI=1S/C22H18N2OS/c1-26(25,21-8-3-2-4-9-21)24-22-10-6-5-7-20(22)16-15-18-11-13-19(17-23)14-12-18/h2-16H,1H3/b16-15+/t26-/m0/s1. The zero-order valence-corrected chi connectivity index (χ0v) is 15.2. The van der Waals surface area contributed by atoms with Gasteiger partial charge in [-0.25, -0.2) is 4.21 Å². The summed E-state index contributed by atoms with van der Waals surface area (Å²) in [5, 5.41) is 8.87. The molecule has 3 aromatic rings. The van der Waals surface area contributed by atoms with Crippen molar-refractivity contribution >= 4 is 27.6 Å². The average molecular weight is 358 g/mol. The van der Waals surface area contributed by atoms with E-state index < -0.39 is 9.73 Å². The van der Waals surface area contributed by atoms with Gasteiger partial charge in [0.1, 0.15) is 0 Å². The van der Waals surface area contributed by atoms with Crippen LogP contribution in [0.4, 0.5) is 5.69 Å². The molecule has 3 aromatic carbocycles. The highest BCUT2D eigenvalue weighted by molar-refractivity contribution is 7.93. The number of hydrogen-bond acceptors (Lipinski definition) is 3. The number of nitriles is 1. The smallest absolute Gasteiger partial charge is 0.0991 e. The first-order valence-corrected chi connectivity index (χ1v) is 10.1. The molecule has 0 spiro atoms. The SMILES string of the molecule is C[S@@](=O)(=Nc1ccccc1/C=C/c1ccc(C#N)cc1)c1ccccc1. The van der Waals surface area contributed by atoms with E-state index in [0.717, 1.165) is 11.1 Å². The normalized spacial score (nSPS) is 13.1. The van der Waals surface area contributed by atoms with Gasteiger partial charge in [-0.3, -0.25) is 0 Å². The second-order valence-electron chi connectivity index (χ2n) is 5.83. The van der Waals surface area contributed by atoms with E-state index in [2.05, 4.69) is 10.4 Å². The minimum Gasteiger partial charge on any atom is -0.245 e. The van der Waals surface area contributed by atoms with Crippen molar-refractivity contribution in [3.63, 3.8) is 0 Å². The Kier molecular flexibility index (Phi) is 5.31. The molecule has 0 saturated carbocycles. The maximum atomic E-state index is 13.0. The van der Waals surface area contributed by atoms with Gasteiger partial charge in [-0.05, 0) is 35.9 Å². The van der Waals surface area contributed by atoms with Crippen molar-refractivity contribution in [2.45, 2.75) is 4.90 Å². The van der Waals surface area contributed by atoms with Crippen LogP contribution in [0.3, 0.4) is 0 Å². The van der Waals surface area contributed by atoms with Gasteiger partial charge < -0.3 is 0 Å². The molecule has 0 bridgehead atoms. The molecule has 0 aliphatic carbocycles. The maximum Gasteiger partial charge on any atom is 0.0991 e. The molecule has 128 valence electrons. The minimum atomic E-state index is -2.52. The summed E-state index contributed by atoms with van der Waals surface area (Å²) in [6.45, 7) is 0. The van der Waals surface area contributed by atoms with Crippen molar-refractivity contribution in [1.82, 2.24) is 0 Å². The quantitative estimate of drug-likeness (QED) is 0.577. The Morgan fingerprint density at radius 1 is 0.885 bits per heavy atom. The van der Waals surface area contributed by atoms with Crippen molar-refractivity contribution in [2.24, 2.45) is 4.36 Å². The summed E-state index contributed by atoms with van der Waals surface area (Å²) in [4.78, 5) is 0.714. The molecule has 0 N–H and O–H groups in total. The lowest BCUT2D eigenvalue weighted by Gasteiger charge is -2.06. The van der Waals surface area contributed by atoms with Crippen molar-refractivity contribution in [2.75, 3.05) is 6.26 Å².